The lowest BCUT2D eigenvalue weighted by Crippen LogP contribution is -2.44. The molecule has 1 aliphatic rings. The van der Waals surface area contributed by atoms with Crippen molar-refractivity contribution in [2.24, 2.45) is 0 Å². The largest absolute Gasteiger partial charge is 0.370 e. The third-order valence-electron chi connectivity index (χ3n) is 5.16. The predicted molar refractivity (Wildman–Crippen MR) is 126 cm³/mol. The molecule has 1 N–H and O–H groups in total. The molecule has 1 saturated heterocycles. The minimum absolute atomic E-state index is 0.148. The van der Waals surface area contributed by atoms with Gasteiger partial charge >= 0.3 is 0 Å². The fourth-order valence-electron chi connectivity index (χ4n) is 3.75. The van der Waals surface area contributed by atoms with Gasteiger partial charge < -0.3 is 15.0 Å². The number of nitrogens with one attached hydrogen (secondary N) is 1. The van der Waals surface area contributed by atoms with Crippen LogP contribution in [0.3, 0.4) is 0 Å². The molecule has 0 bridgehead atoms. The fraction of sp³-hybridized carbons (Fsp3) is 0.524. The van der Waals surface area contributed by atoms with Crippen LogP contribution in [0.4, 0.5) is 20.3 Å². The first-order valence-electron chi connectivity index (χ1n) is 10.6. The van der Waals surface area contributed by atoms with Crippen molar-refractivity contribution < 1.29 is 18.3 Å². The molecule has 3 aromatic rings. The van der Waals surface area contributed by atoms with Crippen molar-refractivity contribution in [3.8, 4) is 0 Å². The van der Waals surface area contributed by atoms with Crippen LogP contribution < -0.4 is 10.2 Å². The van der Waals surface area contributed by atoms with Crippen molar-refractivity contribution >= 4 is 33.1 Å². The van der Waals surface area contributed by atoms with E-state index in [2.05, 4.69) is 39.3 Å². The normalized spacial score (nSPS) is 16.8. The summed E-state index contributed by atoms with van der Waals surface area (Å²) in [7, 11) is -0.811. The highest BCUT2D eigenvalue weighted by atomic mass is 32.3. The van der Waals surface area contributed by atoms with Crippen molar-refractivity contribution in [1.29, 1.82) is 0 Å². The first-order valence-corrected chi connectivity index (χ1v) is 13.7. The van der Waals surface area contributed by atoms with E-state index in [1.54, 1.807) is 28.0 Å². The van der Waals surface area contributed by atoms with Gasteiger partial charge in [-0.15, -0.1) is 0 Å². The zero-order valence-electron chi connectivity index (χ0n) is 19.0. The third kappa shape index (κ3) is 5.61. The van der Waals surface area contributed by atoms with Gasteiger partial charge in [0.05, 0.1) is 38.0 Å². The van der Waals surface area contributed by atoms with E-state index in [9.17, 15) is 13.6 Å². The van der Waals surface area contributed by atoms with Crippen LogP contribution in [-0.4, -0.2) is 80.6 Å². The number of ether oxygens (including phenoxy) is 1. The summed E-state index contributed by atoms with van der Waals surface area (Å²) in [6.45, 7) is 0.817. The number of aromatic nitrogens is 5. The van der Waals surface area contributed by atoms with Crippen LogP contribution in [0.1, 0.15) is 23.2 Å². The van der Waals surface area contributed by atoms with Crippen LogP contribution in [0.25, 0.3) is 5.65 Å². The highest BCUT2D eigenvalue weighted by Crippen LogP contribution is 2.35. The second kappa shape index (κ2) is 9.26. The molecule has 1 amide bonds. The Kier molecular flexibility index (Phi) is 6.57. The lowest BCUT2D eigenvalue weighted by molar-refractivity contribution is -0.0120. The van der Waals surface area contributed by atoms with Crippen LogP contribution in [-0.2, 0) is 11.3 Å². The molecule has 33 heavy (non-hydrogen) atoms. The molecule has 4 heterocycles. The van der Waals surface area contributed by atoms with Gasteiger partial charge in [-0.2, -0.15) is 10.2 Å². The summed E-state index contributed by atoms with van der Waals surface area (Å²) in [5.74, 6) is -2.12. The predicted octanol–water partition coefficient (Wildman–Crippen LogP) is 3.08. The summed E-state index contributed by atoms with van der Waals surface area (Å²) in [6.07, 6.45) is 12.9. The zero-order chi connectivity index (χ0) is 23.6. The zero-order valence-corrected chi connectivity index (χ0v) is 19.8. The maximum absolute atomic E-state index is 14.2. The summed E-state index contributed by atoms with van der Waals surface area (Å²) < 4.78 is 37.3. The number of nitrogens with zero attached hydrogens (tertiary/aromatic N) is 6. The maximum Gasteiger partial charge on any atom is 0.265 e. The van der Waals surface area contributed by atoms with Crippen molar-refractivity contribution in [3.05, 3.63) is 36.4 Å². The number of hydrogen-bond acceptors (Lipinski definition) is 6. The van der Waals surface area contributed by atoms with Crippen LogP contribution >= 0.6 is 10.0 Å². The van der Waals surface area contributed by atoms with Crippen LogP contribution in [0, 0.1) is 0 Å². The molecule has 3 aromatic heterocycles. The number of piperidine rings is 1. The maximum atomic E-state index is 14.2. The highest BCUT2D eigenvalue weighted by Gasteiger charge is 2.37. The topological polar surface area (TPSA) is 89.6 Å². The van der Waals surface area contributed by atoms with E-state index in [1.165, 1.54) is 16.9 Å². The number of rotatable bonds is 8. The Morgan fingerprint density at radius 2 is 2.09 bits per heavy atom. The van der Waals surface area contributed by atoms with Crippen molar-refractivity contribution in [1.82, 2.24) is 24.4 Å². The number of hydrogen-bond donors (Lipinski definition) is 1. The minimum Gasteiger partial charge on any atom is -0.370 e. The Morgan fingerprint density at radius 3 is 2.85 bits per heavy atom. The van der Waals surface area contributed by atoms with Gasteiger partial charge in [-0.3, -0.25) is 4.79 Å². The van der Waals surface area contributed by atoms with Gasteiger partial charge in [0.2, 0.25) is 0 Å². The molecular weight excluding hydrogens is 452 g/mol. The number of alkyl halides is 2. The Hall–Kier alpha value is -2.73. The van der Waals surface area contributed by atoms with Crippen LogP contribution in [0.5, 0.6) is 0 Å². The average molecular weight is 482 g/mol. The molecule has 0 atom stereocenters. The third-order valence-corrected chi connectivity index (χ3v) is 6.03. The first kappa shape index (κ1) is 23.4. The second-order valence-electron chi connectivity index (χ2n) is 9.00. The molecule has 1 aliphatic heterocycles. The van der Waals surface area contributed by atoms with Crippen LogP contribution in [0.2, 0.25) is 0 Å². The van der Waals surface area contributed by atoms with E-state index in [0.717, 1.165) is 0 Å². The fourth-order valence-corrected chi connectivity index (χ4v) is 4.37. The molecule has 4 rings (SSSR count). The van der Waals surface area contributed by atoms with Gasteiger partial charge in [-0.25, -0.2) is 33.0 Å². The Morgan fingerprint density at radius 1 is 1.27 bits per heavy atom. The molecule has 0 unspecified atom stereocenters. The van der Waals surface area contributed by atoms with Crippen LogP contribution in [0.15, 0.2) is 30.9 Å². The summed E-state index contributed by atoms with van der Waals surface area (Å²) in [5, 5.41) is 11.3. The van der Waals surface area contributed by atoms with E-state index in [-0.39, 0.29) is 12.0 Å². The second-order valence-corrected chi connectivity index (χ2v) is 13.4. The first-order chi connectivity index (χ1) is 15.6. The molecule has 0 saturated carbocycles. The lowest BCUT2D eigenvalue weighted by Gasteiger charge is -2.34. The average Bonchev–Trinajstić information content (AvgIpc) is 3.34. The van der Waals surface area contributed by atoms with Gasteiger partial charge in [-0.1, -0.05) is 0 Å². The number of halogens is 2. The van der Waals surface area contributed by atoms with E-state index in [0.29, 0.717) is 49.2 Å². The standard InChI is InChI=1S/C21H29F2N7O2S/c1-33(2,3)15-32-11-10-30-20(28-8-4-6-21(22,23)14-28)17(13-26-30)27-19(31)16-12-25-29-9-5-7-24-18(16)29/h5,7,9,12-13H,4,6,8,10-11,14-15H2,1-3H3,(H,27,31). The highest BCUT2D eigenvalue weighted by molar-refractivity contribution is 8.32. The number of amides is 1. The number of carbonyl (C=O) groups is 1. The molecule has 0 aliphatic carbocycles. The number of anilines is 2. The van der Waals surface area contributed by atoms with Gasteiger partial charge in [0.15, 0.2) is 11.5 Å². The van der Waals surface area contributed by atoms with Crippen molar-refractivity contribution in [2.45, 2.75) is 25.3 Å². The molecular formula is C21H29F2N7O2S. The number of carbonyl (C=O) groups excluding carboxylic acids is 1. The SMILES string of the molecule is CS(C)(C)COCCn1ncc(NC(=O)c2cnn3cccnc23)c1N1CCCC(F)(F)C1. The Labute approximate surface area is 192 Å². The van der Waals surface area contributed by atoms with E-state index >= 15 is 0 Å². The van der Waals surface area contributed by atoms with Gasteiger partial charge in [0, 0.05) is 25.4 Å². The molecule has 0 spiro atoms. The summed E-state index contributed by atoms with van der Waals surface area (Å²) in [5.41, 5.74) is 1.07. The minimum atomic E-state index is -2.80. The van der Waals surface area contributed by atoms with Crippen molar-refractivity contribution in [3.63, 3.8) is 0 Å². The molecule has 0 radical (unpaired) electrons. The molecule has 0 aromatic carbocycles. The molecule has 1 fully saturated rings. The summed E-state index contributed by atoms with van der Waals surface area (Å²) in [6, 6.07) is 1.71. The monoisotopic (exact) mass is 481 g/mol. The lowest BCUT2D eigenvalue weighted by atomic mass is 10.1. The molecule has 9 nitrogen and oxygen atoms in total. The molecule has 180 valence electrons. The van der Waals surface area contributed by atoms with E-state index in [1.807, 2.05) is 0 Å². The Balaban J connectivity index is 1.57. The summed E-state index contributed by atoms with van der Waals surface area (Å²) >= 11 is 0. The quantitative estimate of drug-likeness (QED) is 0.498. The van der Waals surface area contributed by atoms with E-state index in [4.69, 9.17) is 4.74 Å². The van der Waals surface area contributed by atoms with E-state index < -0.39 is 28.4 Å². The van der Waals surface area contributed by atoms with Gasteiger partial charge in [-0.05, 0) is 31.3 Å². The smallest absolute Gasteiger partial charge is 0.265 e. The summed E-state index contributed by atoms with van der Waals surface area (Å²) in [4.78, 5) is 18.8. The molecule has 12 heteroatoms. The van der Waals surface area contributed by atoms with Gasteiger partial charge in [0.1, 0.15) is 11.3 Å². The van der Waals surface area contributed by atoms with Crippen molar-refractivity contribution in [2.75, 3.05) is 54.6 Å². The number of fused-ring (bicyclic) bond motifs is 1. The Bertz CT molecular complexity index is 1130. The van der Waals surface area contributed by atoms with Gasteiger partial charge in [0.25, 0.3) is 11.8 Å².